The van der Waals surface area contributed by atoms with Crippen LogP contribution in [-0.2, 0) is 4.74 Å². The second kappa shape index (κ2) is 8.40. The molecule has 0 heterocycles. The minimum absolute atomic E-state index is 0.0557. The fourth-order valence-electron chi connectivity index (χ4n) is 2.31. The van der Waals surface area contributed by atoms with E-state index in [2.05, 4.69) is 50.8 Å². The number of hydrogen-bond donors (Lipinski definition) is 1. The zero-order chi connectivity index (χ0) is 15.1. The summed E-state index contributed by atoms with van der Waals surface area (Å²) in [5.74, 6) is 0. The summed E-state index contributed by atoms with van der Waals surface area (Å²) >= 11 is 0. The molecular formula is C17H30N2O. The lowest BCUT2D eigenvalue weighted by Crippen LogP contribution is -2.40. The van der Waals surface area contributed by atoms with Gasteiger partial charge in [0.2, 0.25) is 0 Å². The van der Waals surface area contributed by atoms with Gasteiger partial charge in [-0.25, -0.2) is 0 Å². The first-order chi connectivity index (χ1) is 9.49. The average molecular weight is 278 g/mol. The maximum atomic E-state index is 6.40. The van der Waals surface area contributed by atoms with Gasteiger partial charge in [-0.2, -0.15) is 0 Å². The van der Waals surface area contributed by atoms with E-state index in [-0.39, 0.29) is 6.04 Å². The molecule has 2 unspecified atom stereocenters. The molecule has 1 rings (SSSR count). The van der Waals surface area contributed by atoms with Gasteiger partial charge in [-0.15, -0.1) is 0 Å². The Balaban J connectivity index is 2.73. The minimum atomic E-state index is 0.0557. The van der Waals surface area contributed by atoms with Crippen molar-refractivity contribution >= 4 is 0 Å². The van der Waals surface area contributed by atoms with Gasteiger partial charge in [0.15, 0.2) is 0 Å². The van der Waals surface area contributed by atoms with Crippen molar-refractivity contribution < 1.29 is 4.74 Å². The lowest BCUT2D eigenvalue weighted by Gasteiger charge is -2.31. The quantitative estimate of drug-likeness (QED) is 0.794. The molecule has 20 heavy (non-hydrogen) atoms. The highest BCUT2D eigenvalue weighted by molar-refractivity contribution is 5.31. The van der Waals surface area contributed by atoms with Crippen molar-refractivity contribution in [2.75, 3.05) is 26.8 Å². The van der Waals surface area contributed by atoms with E-state index in [4.69, 9.17) is 10.5 Å². The van der Waals surface area contributed by atoms with E-state index < -0.39 is 0 Å². The Hall–Kier alpha value is -0.900. The van der Waals surface area contributed by atoms with E-state index >= 15 is 0 Å². The van der Waals surface area contributed by atoms with E-state index in [1.807, 2.05) is 0 Å². The van der Waals surface area contributed by atoms with Gasteiger partial charge in [0, 0.05) is 32.3 Å². The molecule has 0 aliphatic heterocycles. The number of benzene rings is 1. The molecule has 0 amide bonds. The van der Waals surface area contributed by atoms with Crippen LogP contribution in [0.3, 0.4) is 0 Å². The fourth-order valence-corrected chi connectivity index (χ4v) is 2.31. The van der Waals surface area contributed by atoms with Crippen molar-refractivity contribution in [1.29, 1.82) is 0 Å². The molecule has 0 spiro atoms. The average Bonchev–Trinajstić information content (AvgIpc) is 2.45. The van der Waals surface area contributed by atoms with Crippen LogP contribution < -0.4 is 5.73 Å². The highest BCUT2D eigenvalue weighted by atomic mass is 16.5. The van der Waals surface area contributed by atoms with Crippen LogP contribution in [0.4, 0.5) is 0 Å². The highest BCUT2D eigenvalue weighted by Gasteiger charge is 2.16. The maximum absolute atomic E-state index is 6.40. The number of rotatable bonds is 8. The Bertz CT molecular complexity index is 406. The number of aryl methyl sites for hydroxylation is 2. The van der Waals surface area contributed by atoms with E-state index in [1.165, 1.54) is 16.7 Å². The van der Waals surface area contributed by atoms with Crippen LogP contribution in [0.25, 0.3) is 0 Å². The minimum Gasteiger partial charge on any atom is -0.383 e. The second-order valence-electron chi connectivity index (χ2n) is 5.70. The summed E-state index contributed by atoms with van der Waals surface area (Å²) < 4.78 is 5.21. The van der Waals surface area contributed by atoms with Crippen molar-refractivity contribution in [2.45, 2.75) is 46.2 Å². The largest absolute Gasteiger partial charge is 0.383 e. The van der Waals surface area contributed by atoms with Crippen molar-refractivity contribution in [3.8, 4) is 0 Å². The Kier molecular flexibility index (Phi) is 7.20. The topological polar surface area (TPSA) is 38.5 Å². The molecule has 0 bridgehead atoms. The summed E-state index contributed by atoms with van der Waals surface area (Å²) in [6, 6.07) is 7.11. The molecule has 0 aliphatic rings. The summed E-state index contributed by atoms with van der Waals surface area (Å²) in [5.41, 5.74) is 10.2. The van der Waals surface area contributed by atoms with Crippen molar-refractivity contribution in [1.82, 2.24) is 4.90 Å². The number of ether oxygens (including phenoxy) is 1. The van der Waals surface area contributed by atoms with Crippen LogP contribution >= 0.6 is 0 Å². The molecule has 1 aromatic rings. The Morgan fingerprint density at radius 1 is 1.25 bits per heavy atom. The Labute approximate surface area is 124 Å². The lowest BCUT2D eigenvalue weighted by atomic mass is 10.0. The monoisotopic (exact) mass is 278 g/mol. The predicted molar refractivity (Wildman–Crippen MR) is 86.0 cm³/mol. The van der Waals surface area contributed by atoms with Gasteiger partial charge in [-0.1, -0.05) is 25.1 Å². The van der Waals surface area contributed by atoms with E-state index in [9.17, 15) is 0 Å². The second-order valence-corrected chi connectivity index (χ2v) is 5.70. The number of nitrogens with zero attached hydrogens (tertiary/aromatic N) is 1. The fraction of sp³-hybridized carbons (Fsp3) is 0.647. The van der Waals surface area contributed by atoms with Crippen LogP contribution in [0, 0.1) is 13.8 Å². The van der Waals surface area contributed by atoms with Gasteiger partial charge >= 0.3 is 0 Å². The smallest absolute Gasteiger partial charge is 0.0589 e. The number of methoxy groups -OCH3 is 1. The first-order valence-corrected chi connectivity index (χ1v) is 7.55. The van der Waals surface area contributed by atoms with Gasteiger partial charge < -0.3 is 10.5 Å². The SMILES string of the molecule is CCC(C)N(CCOC)CC(N)c1ccc(C)c(C)c1. The predicted octanol–water partition coefficient (Wildman–Crippen LogP) is 3.05. The van der Waals surface area contributed by atoms with Crippen LogP contribution in [-0.4, -0.2) is 37.7 Å². The first kappa shape index (κ1) is 17.2. The van der Waals surface area contributed by atoms with E-state index in [1.54, 1.807) is 7.11 Å². The lowest BCUT2D eigenvalue weighted by molar-refractivity contribution is 0.118. The van der Waals surface area contributed by atoms with Gasteiger partial charge in [0.05, 0.1) is 6.61 Å². The van der Waals surface area contributed by atoms with Crippen molar-refractivity contribution in [3.63, 3.8) is 0 Å². The number of nitrogens with two attached hydrogens (primary N) is 1. The van der Waals surface area contributed by atoms with Gasteiger partial charge in [0.1, 0.15) is 0 Å². The molecule has 0 fully saturated rings. The van der Waals surface area contributed by atoms with E-state index in [0.29, 0.717) is 6.04 Å². The highest BCUT2D eigenvalue weighted by Crippen LogP contribution is 2.17. The third kappa shape index (κ3) is 4.89. The molecular weight excluding hydrogens is 248 g/mol. The zero-order valence-electron chi connectivity index (χ0n) is 13.6. The first-order valence-electron chi connectivity index (χ1n) is 7.55. The van der Waals surface area contributed by atoms with Gasteiger partial charge in [-0.05, 0) is 43.9 Å². The van der Waals surface area contributed by atoms with Crippen LogP contribution in [0.1, 0.15) is 43.0 Å². The number of hydrogen-bond acceptors (Lipinski definition) is 3. The Morgan fingerprint density at radius 3 is 2.50 bits per heavy atom. The summed E-state index contributed by atoms with van der Waals surface area (Å²) in [5, 5.41) is 0. The molecule has 0 aliphatic carbocycles. The third-order valence-electron chi connectivity index (χ3n) is 4.19. The van der Waals surface area contributed by atoms with E-state index in [0.717, 1.165) is 26.1 Å². The molecule has 0 radical (unpaired) electrons. The molecule has 0 aromatic heterocycles. The molecule has 3 heteroatoms. The molecule has 3 nitrogen and oxygen atoms in total. The van der Waals surface area contributed by atoms with Crippen LogP contribution in [0.15, 0.2) is 18.2 Å². The van der Waals surface area contributed by atoms with Crippen molar-refractivity contribution in [3.05, 3.63) is 34.9 Å². The molecule has 2 N–H and O–H groups in total. The van der Waals surface area contributed by atoms with Crippen molar-refractivity contribution in [2.24, 2.45) is 5.73 Å². The summed E-state index contributed by atoms with van der Waals surface area (Å²) in [6.07, 6.45) is 1.13. The van der Waals surface area contributed by atoms with Gasteiger partial charge in [0.25, 0.3) is 0 Å². The van der Waals surface area contributed by atoms with Crippen LogP contribution in [0.2, 0.25) is 0 Å². The maximum Gasteiger partial charge on any atom is 0.0589 e. The summed E-state index contributed by atoms with van der Waals surface area (Å²) in [4.78, 5) is 2.42. The normalized spacial score (nSPS) is 14.6. The molecule has 0 saturated heterocycles. The standard InChI is InChI=1S/C17H30N2O/c1-6-15(4)19(9-10-20-5)12-17(18)16-8-7-13(2)14(3)11-16/h7-8,11,15,17H,6,9-10,12,18H2,1-5H3. The third-order valence-corrected chi connectivity index (χ3v) is 4.19. The zero-order valence-corrected chi connectivity index (χ0v) is 13.6. The molecule has 2 atom stereocenters. The Morgan fingerprint density at radius 2 is 1.95 bits per heavy atom. The summed E-state index contributed by atoms with van der Waals surface area (Å²) in [7, 11) is 1.75. The molecule has 0 saturated carbocycles. The summed E-state index contributed by atoms with van der Waals surface area (Å²) in [6.45, 7) is 11.3. The molecule has 1 aromatic carbocycles. The van der Waals surface area contributed by atoms with Gasteiger partial charge in [-0.3, -0.25) is 4.90 Å². The van der Waals surface area contributed by atoms with Crippen LogP contribution in [0.5, 0.6) is 0 Å². The molecule has 114 valence electrons.